The van der Waals surface area contributed by atoms with E-state index in [9.17, 15) is 67.7 Å². The lowest BCUT2D eigenvalue weighted by Crippen LogP contribution is -2.64. The van der Waals surface area contributed by atoms with Crippen molar-refractivity contribution in [3.8, 4) is 5.75 Å². The van der Waals surface area contributed by atoms with E-state index in [4.69, 9.17) is 11.5 Å². The normalized spacial score (nSPS) is 22.5. The number of H-pyrrole nitrogens is 1. The number of hydrogen-bond acceptors (Lipinski definition) is 21. The molecule has 16 atom stereocenters. The predicted octanol–water partition coefficient (Wildman–Crippen LogP) is 3.05. The Balaban J connectivity index is 1.58. The van der Waals surface area contributed by atoms with E-state index in [2.05, 4.69) is 74.1 Å². The number of Topliss-reactive ketones (excluding diaryl/α,β-unsaturated/α-hetero) is 4. The summed E-state index contributed by atoms with van der Waals surface area (Å²) >= 11 is 0. The zero-order valence-electron chi connectivity index (χ0n) is 75.8. The van der Waals surface area contributed by atoms with Gasteiger partial charge in [-0.15, -0.1) is 0 Å². The number of aliphatic hydroxyl groups is 1. The van der Waals surface area contributed by atoms with Crippen LogP contribution in [0, 0.1) is 23.7 Å². The van der Waals surface area contributed by atoms with E-state index < -0.39 is 196 Å². The lowest BCUT2D eigenvalue weighted by Gasteiger charge is -2.33. The van der Waals surface area contributed by atoms with Crippen molar-refractivity contribution in [1.82, 2.24) is 74.1 Å². The van der Waals surface area contributed by atoms with Gasteiger partial charge in [0, 0.05) is 62.7 Å². The lowest BCUT2D eigenvalue weighted by molar-refractivity contribution is -0.141. The van der Waals surface area contributed by atoms with Crippen LogP contribution in [0.15, 0.2) is 97.2 Å². The van der Waals surface area contributed by atoms with Gasteiger partial charge in [-0.3, -0.25) is 81.5 Å². The van der Waals surface area contributed by atoms with Crippen LogP contribution < -0.4 is 80.6 Å². The second kappa shape index (κ2) is 51.9. The van der Waals surface area contributed by atoms with Crippen molar-refractivity contribution in [2.75, 3.05) is 13.1 Å². The summed E-state index contributed by atoms with van der Waals surface area (Å²) in [5.74, 6) is -16.4. The Kier molecular flexibility index (Phi) is 43.3. The van der Waals surface area contributed by atoms with Gasteiger partial charge in [0.05, 0.1) is 36.2 Å². The van der Waals surface area contributed by atoms with Crippen LogP contribution in [0.1, 0.15) is 216 Å². The fourth-order valence-corrected chi connectivity index (χ4v) is 14.9. The van der Waals surface area contributed by atoms with Gasteiger partial charge in [-0.2, -0.15) is 0 Å². The van der Waals surface area contributed by atoms with Crippen molar-refractivity contribution in [2.24, 2.45) is 35.1 Å². The lowest BCUT2D eigenvalue weighted by atomic mass is 9.89. The fourth-order valence-electron chi connectivity index (χ4n) is 14.9. The third-order valence-corrected chi connectivity index (χ3v) is 22.5. The molecule has 35 heteroatoms. The van der Waals surface area contributed by atoms with Gasteiger partial charge in [-0.1, -0.05) is 133 Å². The molecule has 698 valence electrons. The first-order valence-electron chi connectivity index (χ1n) is 44.1. The van der Waals surface area contributed by atoms with Gasteiger partial charge in [0.15, 0.2) is 0 Å². The van der Waals surface area contributed by atoms with Crippen molar-refractivity contribution in [3.05, 3.63) is 114 Å². The molecular formula is C92H136N16O19. The van der Waals surface area contributed by atoms with Crippen molar-refractivity contribution < 1.29 is 91.7 Å². The number of phenols is 1. The van der Waals surface area contributed by atoms with Crippen LogP contribution in [0.4, 0.5) is 0 Å². The second-order valence-corrected chi connectivity index (χ2v) is 34.9. The molecule has 3 aromatic carbocycles. The Hall–Kier alpha value is -11.6. The number of aromatic hydroxyl groups is 1. The molecule has 0 saturated carbocycles. The molecule has 35 nitrogen and oxygen atoms in total. The van der Waals surface area contributed by atoms with Crippen LogP contribution in [0.25, 0.3) is 10.9 Å². The summed E-state index contributed by atoms with van der Waals surface area (Å²) in [5, 5.41) is 57.6. The molecular weight excluding hydrogens is 1630 g/mol. The van der Waals surface area contributed by atoms with Gasteiger partial charge in [0.25, 0.3) is 0 Å². The first-order chi connectivity index (χ1) is 59.8. The fraction of sp³-hybridized carbons (Fsp3) is 0.576. The van der Waals surface area contributed by atoms with E-state index in [1.165, 1.54) is 86.6 Å². The minimum absolute atomic E-state index is 0.00997. The Morgan fingerprint density at radius 3 is 1.84 bits per heavy atom. The molecule has 13 amide bonds. The van der Waals surface area contributed by atoms with Crippen molar-refractivity contribution in [3.63, 3.8) is 0 Å². The summed E-state index contributed by atoms with van der Waals surface area (Å²) in [6, 6.07) is 5.73. The first-order valence-corrected chi connectivity index (χ1v) is 44.1. The number of rotatable bonds is 35. The number of hydrogen-bond donors (Lipinski definition) is 18. The van der Waals surface area contributed by atoms with Gasteiger partial charge in [0.2, 0.25) is 99.9 Å². The van der Waals surface area contributed by atoms with E-state index in [0.717, 1.165) is 0 Å². The quantitative estimate of drug-likeness (QED) is 0.0232. The largest absolute Gasteiger partial charge is 0.508 e. The van der Waals surface area contributed by atoms with Crippen LogP contribution in [-0.4, -0.2) is 212 Å². The molecule has 1 aliphatic rings. The SMILES string of the molecule is CCCC(CNC(C)C(=O)C(=O)C(C)NC(=O)[C@]1(C)CCC/C=C/CCCCCC[C@@](C)(NC(=O)[C@H](Cc2ccccc2)NC(=O)[C@@H](NC(=O)[C@H](CC(C)C)NC(C)=O)[C@@H](C)O)C(=O)NC(C)C(=O)N[C@@H](Cc2ccc(O)cc2)C(=O)N[C@@H](Cc2c[nH]c3ccccc23)C(=O)NC(C)C(=O)C(=O)[C@H](CCC(N)=O)NC[C@@H](CC(C)C)C(=O)N1)CC(=O)NC(C)C(N)=O. The van der Waals surface area contributed by atoms with Gasteiger partial charge < -0.3 is 95.8 Å². The molecule has 5 rings (SSSR count). The number of benzene rings is 3. The zero-order chi connectivity index (χ0) is 94.6. The molecule has 1 aromatic heterocycles. The number of ketones is 4. The standard InChI is InChI=1S/C92H136N16O19/c1-15-30-63(47-75(113)98-57(9)81(94)118)49-95-54(6)77(114)78(115)56(8)100-89(126)91(13)41-28-21-19-17-16-18-20-22-29-42-92(14,108-87(124)72(45-61-31-24-23-25-32-61)105-88(125)76(59(11)109)106-86(123)70(44-53(4)5)102-60(12)110)90(127)101-58(10)82(119)103-71(46-62-35-37-66(111)38-36-62)85(122)104-73(48-64-50-96-68-34-27-26-33-67(64)68)84(121)99-55(7)79(116)80(117)69(39-40-74(93)112)97-51-65(43-52(2)3)83(120)107-91/h17,19,23-27,31-38,50,52-59,63,65,69-73,76,95-97,109,111H,15-16,18,20-22,28-30,39-49,51H2,1-14H3,(H2,93,112)(H2,94,118)(H,98,113)(H,99,121)(H,100,126)(H,101,127)(H,102,110)(H,103,119)(H,104,122)(H,105,125)(H,106,123)(H,107,120)(H,108,124)/b19-17+/t54?,55?,56?,57?,58?,59-,63?,65-,69+,70+,71+,72+,73+,76+,91+,92-/m1/s1. The number of nitrogens with two attached hydrogens (primary N) is 2. The van der Waals surface area contributed by atoms with E-state index in [1.807, 2.05) is 46.8 Å². The number of aromatic amines is 1. The van der Waals surface area contributed by atoms with Crippen LogP contribution in [-0.2, 0) is 101 Å². The van der Waals surface area contributed by atoms with Crippen LogP contribution in [0.5, 0.6) is 5.75 Å². The maximum absolute atomic E-state index is 15.3. The number of nitrogens with one attached hydrogen (secondary N) is 14. The summed E-state index contributed by atoms with van der Waals surface area (Å²) in [5.41, 5.74) is 9.37. The minimum atomic E-state index is -1.91. The molecule has 6 unspecified atom stereocenters. The molecule has 0 fully saturated rings. The molecule has 0 saturated heterocycles. The minimum Gasteiger partial charge on any atom is -0.508 e. The van der Waals surface area contributed by atoms with Crippen LogP contribution in [0.3, 0.4) is 0 Å². The number of phenolic OH excluding ortho intramolecular Hbond substituents is 1. The third-order valence-electron chi connectivity index (χ3n) is 22.5. The monoisotopic (exact) mass is 1770 g/mol. The number of aliphatic hydroxyl groups excluding tert-OH is 1. The first kappa shape index (κ1) is 106. The summed E-state index contributed by atoms with van der Waals surface area (Å²) in [4.78, 5) is 243. The summed E-state index contributed by atoms with van der Waals surface area (Å²) in [7, 11) is 0. The van der Waals surface area contributed by atoms with Gasteiger partial charge in [-0.25, -0.2) is 0 Å². The van der Waals surface area contributed by atoms with E-state index >= 15 is 24.0 Å². The van der Waals surface area contributed by atoms with Crippen molar-refractivity contribution in [1.29, 1.82) is 0 Å². The number of amides is 13. The topological polar surface area (TPSA) is 555 Å². The summed E-state index contributed by atoms with van der Waals surface area (Å²) in [6.45, 7) is 21.2. The molecule has 2 heterocycles. The highest BCUT2D eigenvalue weighted by atomic mass is 16.3. The molecule has 127 heavy (non-hydrogen) atoms. The number of allylic oxidation sites excluding steroid dienone is 2. The molecule has 1 aliphatic heterocycles. The van der Waals surface area contributed by atoms with Crippen molar-refractivity contribution in [2.45, 2.75) is 303 Å². The number of para-hydroxylation sites is 1. The average molecular weight is 1770 g/mol. The number of fused-ring (bicyclic) bond motifs is 1. The van der Waals surface area contributed by atoms with Crippen LogP contribution in [0.2, 0.25) is 0 Å². The molecule has 4 aromatic rings. The Morgan fingerprint density at radius 2 is 1.21 bits per heavy atom. The van der Waals surface area contributed by atoms with Crippen LogP contribution >= 0.6 is 0 Å². The van der Waals surface area contributed by atoms with Gasteiger partial charge >= 0.3 is 0 Å². The Labute approximate surface area is 743 Å². The molecule has 0 radical (unpaired) electrons. The molecule has 0 aliphatic carbocycles. The molecule has 0 spiro atoms. The number of aromatic nitrogens is 1. The number of primary amides is 2. The number of carbonyl (C=O) groups excluding carboxylic acids is 17. The average Bonchev–Trinajstić information content (AvgIpc) is 1.40. The second-order valence-electron chi connectivity index (χ2n) is 34.9. The van der Waals surface area contributed by atoms with Gasteiger partial charge in [-0.05, 0) is 179 Å². The number of carbonyl (C=O) groups is 17. The highest BCUT2D eigenvalue weighted by Gasteiger charge is 2.43. The highest BCUT2D eigenvalue weighted by Crippen LogP contribution is 2.25. The Morgan fingerprint density at radius 1 is 0.591 bits per heavy atom. The third kappa shape index (κ3) is 35.3. The summed E-state index contributed by atoms with van der Waals surface area (Å²) in [6.07, 6.45) is 6.90. The molecule has 0 bridgehead atoms. The van der Waals surface area contributed by atoms with Crippen molar-refractivity contribution >= 4 is 111 Å². The molecule has 20 N–H and O–H groups in total. The maximum Gasteiger partial charge on any atom is 0.246 e. The highest BCUT2D eigenvalue weighted by molar-refractivity contribution is 6.41. The maximum atomic E-state index is 15.3. The predicted molar refractivity (Wildman–Crippen MR) is 477 cm³/mol. The Bertz CT molecular complexity index is 4480. The van der Waals surface area contributed by atoms with Gasteiger partial charge in [0.1, 0.15) is 59.1 Å². The zero-order valence-corrected chi connectivity index (χ0v) is 75.8. The summed E-state index contributed by atoms with van der Waals surface area (Å²) < 4.78 is 0. The van der Waals surface area contributed by atoms with E-state index in [1.54, 1.807) is 60.8 Å². The van der Waals surface area contributed by atoms with E-state index in [0.29, 0.717) is 72.5 Å². The smallest absolute Gasteiger partial charge is 0.246 e. The van der Waals surface area contributed by atoms with E-state index in [-0.39, 0.29) is 107 Å².